The van der Waals surface area contributed by atoms with Gasteiger partial charge in [0.25, 0.3) is 0 Å². The van der Waals surface area contributed by atoms with Crippen molar-refractivity contribution in [3.05, 3.63) is 0 Å². The van der Waals surface area contributed by atoms with E-state index >= 15 is 0 Å². The van der Waals surface area contributed by atoms with Gasteiger partial charge >= 0.3 is 0 Å². The van der Waals surface area contributed by atoms with Crippen molar-refractivity contribution < 1.29 is 9.90 Å². The molecule has 0 radical (unpaired) electrons. The fourth-order valence-corrected chi connectivity index (χ4v) is 1.32. The third-order valence-electron chi connectivity index (χ3n) is 2.74. The van der Waals surface area contributed by atoms with Gasteiger partial charge < -0.3 is 16.2 Å². The average Bonchev–Trinajstić information content (AvgIpc) is 2.23. The molecule has 0 saturated carbocycles. The molecule has 0 rings (SSSR count). The van der Waals surface area contributed by atoms with E-state index in [1.165, 1.54) is 0 Å². The van der Waals surface area contributed by atoms with Crippen molar-refractivity contribution in [2.75, 3.05) is 6.61 Å². The molecule has 90 valence electrons. The predicted molar refractivity (Wildman–Crippen MR) is 61.4 cm³/mol. The number of nitrogens with two attached hydrogens (primary N) is 1. The van der Waals surface area contributed by atoms with Crippen LogP contribution in [-0.2, 0) is 4.79 Å². The number of aliphatic hydroxyl groups excluding tert-OH is 1. The van der Waals surface area contributed by atoms with Crippen molar-refractivity contribution in [2.24, 2.45) is 11.7 Å². The Bertz CT molecular complexity index is 185. The molecule has 15 heavy (non-hydrogen) atoms. The monoisotopic (exact) mass is 216 g/mol. The predicted octanol–water partition coefficient (Wildman–Crippen LogP) is 0.637. The van der Waals surface area contributed by atoms with Crippen LogP contribution in [0.15, 0.2) is 0 Å². The van der Waals surface area contributed by atoms with Gasteiger partial charge in [-0.3, -0.25) is 4.79 Å². The summed E-state index contributed by atoms with van der Waals surface area (Å²) in [4.78, 5) is 11.6. The van der Waals surface area contributed by atoms with Crippen LogP contribution in [0.1, 0.15) is 40.0 Å². The van der Waals surface area contributed by atoms with E-state index in [0.717, 1.165) is 12.8 Å². The zero-order valence-electron chi connectivity index (χ0n) is 9.99. The lowest BCUT2D eigenvalue weighted by molar-refractivity contribution is -0.124. The molecule has 0 aliphatic carbocycles. The normalized spacial score (nSPS) is 16.9. The molecule has 0 aliphatic rings. The lowest BCUT2D eigenvalue weighted by Crippen LogP contribution is -2.47. The summed E-state index contributed by atoms with van der Waals surface area (Å²) < 4.78 is 0. The molecule has 0 saturated heterocycles. The van der Waals surface area contributed by atoms with Gasteiger partial charge in [0.2, 0.25) is 5.91 Å². The van der Waals surface area contributed by atoms with Gasteiger partial charge in [-0.05, 0) is 25.7 Å². The SMILES string of the molecule is CCC(C)C(N)C(=O)NC(C)CCCO. The number of rotatable bonds is 7. The van der Waals surface area contributed by atoms with E-state index in [-0.39, 0.29) is 24.5 Å². The maximum Gasteiger partial charge on any atom is 0.237 e. The maximum atomic E-state index is 11.6. The maximum absolute atomic E-state index is 11.6. The van der Waals surface area contributed by atoms with Crippen LogP contribution in [0.5, 0.6) is 0 Å². The second-order valence-corrected chi connectivity index (χ2v) is 4.19. The van der Waals surface area contributed by atoms with E-state index in [1.807, 2.05) is 20.8 Å². The van der Waals surface area contributed by atoms with Crippen LogP contribution in [-0.4, -0.2) is 29.7 Å². The summed E-state index contributed by atoms with van der Waals surface area (Å²) in [5.74, 6) is 0.116. The first-order chi connectivity index (χ1) is 7.02. The number of aliphatic hydroxyl groups is 1. The molecule has 0 aromatic carbocycles. The molecular weight excluding hydrogens is 192 g/mol. The third kappa shape index (κ3) is 5.74. The van der Waals surface area contributed by atoms with Gasteiger partial charge in [-0.2, -0.15) is 0 Å². The second kappa shape index (κ2) is 7.65. The van der Waals surface area contributed by atoms with Crippen molar-refractivity contribution in [3.63, 3.8) is 0 Å². The molecule has 1 amide bonds. The van der Waals surface area contributed by atoms with E-state index in [2.05, 4.69) is 5.32 Å². The highest BCUT2D eigenvalue weighted by Crippen LogP contribution is 2.06. The number of amides is 1. The number of carbonyl (C=O) groups excluding carboxylic acids is 1. The lowest BCUT2D eigenvalue weighted by atomic mass is 9.99. The van der Waals surface area contributed by atoms with E-state index in [0.29, 0.717) is 6.42 Å². The first-order valence-electron chi connectivity index (χ1n) is 5.69. The van der Waals surface area contributed by atoms with E-state index in [4.69, 9.17) is 10.8 Å². The Balaban J connectivity index is 3.90. The zero-order valence-corrected chi connectivity index (χ0v) is 9.99. The van der Waals surface area contributed by atoms with Gasteiger partial charge in [0.1, 0.15) is 0 Å². The van der Waals surface area contributed by atoms with Crippen molar-refractivity contribution >= 4 is 5.91 Å². The minimum atomic E-state index is -0.424. The van der Waals surface area contributed by atoms with Crippen molar-refractivity contribution in [1.29, 1.82) is 0 Å². The van der Waals surface area contributed by atoms with Crippen LogP contribution in [0.4, 0.5) is 0 Å². The van der Waals surface area contributed by atoms with Gasteiger partial charge in [0.05, 0.1) is 6.04 Å². The Kier molecular flexibility index (Phi) is 7.34. The standard InChI is InChI=1S/C11H24N2O2/c1-4-8(2)10(12)11(15)13-9(3)6-5-7-14/h8-10,14H,4-7,12H2,1-3H3,(H,13,15). The van der Waals surface area contributed by atoms with Crippen LogP contribution in [0, 0.1) is 5.92 Å². The molecule has 0 heterocycles. The van der Waals surface area contributed by atoms with Gasteiger partial charge in [0, 0.05) is 12.6 Å². The van der Waals surface area contributed by atoms with Crippen LogP contribution in [0.25, 0.3) is 0 Å². The summed E-state index contributed by atoms with van der Waals surface area (Å²) >= 11 is 0. The fourth-order valence-electron chi connectivity index (χ4n) is 1.32. The van der Waals surface area contributed by atoms with Gasteiger partial charge in [-0.15, -0.1) is 0 Å². The minimum absolute atomic E-state index is 0.0831. The number of hydrogen-bond acceptors (Lipinski definition) is 3. The topological polar surface area (TPSA) is 75.4 Å². The summed E-state index contributed by atoms with van der Waals surface area (Å²) in [6.07, 6.45) is 2.40. The Morgan fingerprint density at radius 2 is 2.07 bits per heavy atom. The molecule has 4 N–H and O–H groups in total. The summed E-state index contributed by atoms with van der Waals surface area (Å²) in [6, 6.07) is -0.341. The van der Waals surface area contributed by atoms with E-state index in [1.54, 1.807) is 0 Å². The molecule has 0 aliphatic heterocycles. The van der Waals surface area contributed by atoms with Crippen LogP contribution >= 0.6 is 0 Å². The summed E-state index contributed by atoms with van der Waals surface area (Å²) in [5, 5.41) is 11.5. The number of nitrogens with one attached hydrogen (secondary N) is 1. The molecule has 3 atom stereocenters. The van der Waals surface area contributed by atoms with Crippen molar-refractivity contribution in [3.8, 4) is 0 Å². The van der Waals surface area contributed by atoms with Gasteiger partial charge in [-0.25, -0.2) is 0 Å². The molecule has 4 nitrogen and oxygen atoms in total. The first-order valence-corrected chi connectivity index (χ1v) is 5.69. The summed E-state index contributed by atoms with van der Waals surface area (Å²) in [5.41, 5.74) is 5.79. The number of hydrogen-bond donors (Lipinski definition) is 3. The van der Waals surface area contributed by atoms with E-state index < -0.39 is 6.04 Å². The van der Waals surface area contributed by atoms with Crippen LogP contribution in [0.2, 0.25) is 0 Å². The molecule has 3 unspecified atom stereocenters. The summed E-state index contributed by atoms with van der Waals surface area (Å²) in [7, 11) is 0. The Labute approximate surface area is 92.2 Å². The average molecular weight is 216 g/mol. The highest BCUT2D eigenvalue weighted by atomic mass is 16.2. The molecule has 0 aromatic rings. The number of carbonyl (C=O) groups is 1. The second-order valence-electron chi connectivity index (χ2n) is 4.19. The quantitative estimate of drug-likeness (QED) is 0.584. The van der Waals surface area contributed by atoms with E-state index in [9.17, 15) is 4.79 Å². The van der Waals surface area contributed by atoms with Crippen LogP contribution < -0.4 is 11.1 Å². The lowest BCUT2D eigenvalue weighted by Gasteiger charge is -2.20. The Morgan fingerprint density at radius 1 is 1.47 bits per heavy atom. The third-order valence-corrected chi connectivity index (χ3v) is 2.74. The largest absolute Gasteiger partial charge is 0.396 e. The Hall–Kier alpha value is -0.610. The Morgan fingerprint density at radius 3 is 2.53 bits per heavy atom. The fraction of sp³-hybridized carbons (Fsp3) is 0.909. The molecule has 0 aromatic heterocycles. The van der Waals surface area contributed by atoms with Crippen LogP contribution in [0.3, 0.4) is 0 Å². The highest BCUT2D eigenvalue weighted by molar-refractivity contribution is 5.81. The van der Waals surface area contributed by atoms with Gasteiger partial charge in [-0.1, -0.05) is 20.3 Å². The van der Waals surface area contributed by atoms with Gasteiger partial charge in [0.15, 0.2) is 0 Å². The zero-order chi connectivity index (χ0) is 11.8. The summed E-state index contributed by atoms with van der Waals surface area (Å²) in [6.45, 7) is 6.09. The molecule has 0 bridgehead atoms. The molecular formula is C11H24N2O2. The molecule has 4 heteroatoms. The molecule has 0 fully saturated rings. The highest BCUT2D eigenvalue weighted by Gasteiger charge is 2.20. The van der Waals surface area contributed by atoms with Crippen molar-refractivity contribution in [1.82, 2.24) is 5.32 Å². The minimum Gasteiger partial charge on any atom is -0.396 e. The smallest absolute Gasteiger partial charge is 0.237 e. The van der Waals surface area contributed by atoms with Crippen molar-refractivity contribution in [2.45, 2.75) is 52.1 Å². The molecule has 0 spiro atoms. The first kappa shape index (κ1) is 14.4.